The molecule has 0 aliphatic carbocycles. The zero-order chi connectivity index (χ0) is 27.4. The highest BCUT2D eigenvalue weighted by Gasteiger charge is 2.47. The van der Waals surface area contributed by atoms with Crippen LogP contribution in [0.4, 0.5) is 0 Å². The van der Waals surface area contributed by atoms with E-state index in [0.717, 1.165) is 36.1 Å². The number of carbonyl (C=O) groups excluding carboxylic acids is 2. The van der Waals surface area contributed by atoms with Crippen LogP contribution in [0.5, 0.6) is 5.75 Å². The SMILES string of the molecule is Cc1ccc(-c2cc(C(=O)N3CCOC4(CCCCc5ccccc5OCCN(C(C)C)C4=O)C3)no2)cc1. The minimum Gasteiger partial charge on any atom is -0.491 e. The minimum absolute atomic E-state index is 0.0431. The minimum atomic E-state index is -1.11. The Balaban J connectivity index is 1.37. The Morgan fingerprint density at radius 2 is 1.82 bits per heavy atom. The third kappa shape index (κ3) is 5.86. The summed E-state index contributed by atoms with van der Waals surface area (Å²) in [7, 11) is 0. The molecule has 2 amide bonds. The van der Waals surface area contributed by atoms with E-state index in [9.17, 15) is 9.59 Å². The Hall–Kier alpha value is -3.65. The maximum atomic E-state index is 14.1. The van der Waals surface area contributed by atoms with Crippen LogP contribution in [-0.4, -0.2) is 71.3 Å². The molecule has 1 fully saturated rings. The second kappa shape index (κ2) is 11.6. The summed E-state index contributed by atoms with van der Waals surface area (Å²) in [4.78, 5) is 31.2. The third-order valence-corrected chi connectivity index (χ3v) is 7.65. The highest BCUT2D eigenvalue weighted by atomic mass is 16.5. The number of hydrogen-bond donors (Lipinski definition) is 0. The number of aromatic nitrogens is 1. The molecule has 0 bridgehead atoms. The van der Waals surface area contributed by atoms with Crippen LogP contribution in [0.2, 0.25) is 0 Å². The van der Waals surface area contributed by atoms with Gasteiger partial charge in [-0.1, -0.05) is 53.2 Å². The first-order chi connectivity index (χ1) is 18.9. The van der Waals surface area contributed by atoms with Gasteiger partial charge in [-0.25, -0.2) is 0 Å². The summed E-state index contributed by atoms with van der Waals surface area (Å²) in [6.45, 7) is 7.69. The van der Waals surface area contributed by atoms with Gasteiger partial charge in [0, 0.05) is 24.2 Å². The average Bonchev–Trinajstić information content (AvgIpc) is 3.43. The summed E-state index contributed by atoms with van der Waals surface area (Å²) in [5.74, 6) is 1.07. The largest absolute Gasteiger partial charge is 0.491 e. The maximum absolute atomic E-state index is 14.1. The Bertz CT molecular complexity index is 1300. The second-order valence-corrected chi connectivity index (χ2v) is 10.8. The van der Waals surface area contributed by atoms with Gasteiger partial charge in [-0.2, -0.15) is 0 Å². The van der Waals surface area contributed by atoms with Gasteiger partial charge in [-0.05, 0) is 58.1 Å². The summed E-state index contributed by atoms with van der Waals surface area (Å²) in [5, 5.41) is 4.07. The molecule has 0 saturated carbocycles. The number of hydrogen-bond acceptors (Lipinski definition) is 6. The number of rotatable bonds is 3. The molecule has 3 aromatic rings. The number of nitrogens with zero attached hydrogens (tertiary/aromatic N) is 3. The van der Waals surface area contributed by atoms with E-state index in [2.05, 4.69) is 11.2 Å². The van der Waals surface area contributed by atoms with Crippen LogP contribution < -0.4 is 4.74 Å². The van der Waals surface area contributed by atoms with Crippen LogP contribution in [0, 0.1) is 6.92 Å². The summed E-state index contributed by atoms with van der Waals surface area (Å²) in [6, 6.07) is 17.6. The van der Waals surface area contributed by atoms with Crippen LogP contribution in [0.15, 0.2) is 59.1 Å². The monoisotopic (exact) mass is 531 g/mol. The maximum Gasteiger partial charge on any atom is 0.276 e. The molecule has 0 N–H and O–H groups in total. The predicted molar refractivity (Wildman–Crippen MR) is 148 cm³/mol. The molecule has 1 aromatic heterocycles. The quantitative estimate of drug-likeness (QED) is 0.478. The van der Waals surface area contributed by atoms with Gasteiger partial charge < -0.3 is 23.8 Å². The predicted octanol–water partition coefficient (Wildman–Crippen LogP) is 4.90. The van der Waals surface area contributed by atoms with Crippen molar-refractivity contribution in [1.82, 2.24) is 15.0 Å². The Morgan fingerprint density at radius 3 is 2.62 bits per heavy atom. The topological polar surface area (TPSA) is 85.1 Å². The number of ether oxygens (including phenoxy) is 2. The summed E-state index contributed by atoms with van der Waals surface area (Å²) >= 11 is 0. The molecule has 2 aromatic carbocycles. The summed E-state index contributed by atoms with van der Waals surface area (Å²) in [6.07, 6.45) is 3.07. The molecular weight excluding hydrogens is 494 g/mol. The van der Waals surface area contributed by atoms with E-state index < -0.39 is 5.60 Å². The number of morpholine rings is 1. The van der Waals surface area contributed by atoms with Crippen molar-refractivity contribution in [2.75, 3.05) is 32.8 Å². The molecule has 1 unspecified atom stereocenters. The molecule has 1 saturated heterocycles. The fourth-order valence-corrected chi connectivity index (χ4v) is 5.42. The van der Waals surface area contributed by atoms with Crippen molar-refractivity contribution in [3.63, 3.8) is 0 Å². The number of carbonyl (C=O) groups is 2. The first-order valence-electron chi connectivity index (χ1n) is 13.8. The third-order valence-electron chi connectivity index (χ3n) is 7.65. The zero-order valence-electron chi connectivity index (χ0n) is 23.0. The number of para-hydroxylation sites is 1. The van der Waals surface area contributed by atoms with Crippen molar-refractivity contribution >= 4 is 11.8 Å². The lowest BCUT2D eigenvalue weighted by molar-refractivity contribution is -0.172. The molecular formula is C31H37N3O5. The molecule has 39 heavy (non-hydrogen) atoms. The number of amides is 2. The van der Waals surface area contributed by atoms with Crippen molar-refractivity contribution in [2.45, 2.75) is 58.1 Å². The number of benzene rings is 2. The molecule has 2 aliphatic heterocycles. The zero-order valence-corrected chi connectivity index (χ0v) is 23.0. The van der Waals surface area contributed by atoms with E-state index >= 15 is 0 Å². The molecule has 5 rings (SSSR count). The van der Waals surface area contributed by atoms with Gasteiger partial charge in [0.25, 0.3) is 11.8 Å². The second-order valence-electron chi connectivity index (χ2n) is 10.8. The Kier molecular flexibility index (Phi) is 8.02. The van der Waals surface area contributed by atoms with Crippen LogP contribution >= 0.6 is 0 Å². The van der Waals surface area contributed by atoms with E-state index in [1.54, 1.807) is 11.0 Å². The lowest BCUT2D eigenvalue weighted by Crippen LogP contribution is -2.63. The fourth-order valence-electron chi connectivity index (χ4n) is 5.42. The van der Waals surface area contributed by atoms with Crippen molar-refractivity contribution in [2.24, 2.45) is 0 Å². The Morgan fingerprint density at radius 1 is 1.03 bits per heavy atom. The number of fused-ring (bicyclic) bond motifs is 1. The van der Waals surface area contributed by atoms with E-state index in [4.69, 9.17) is 14.0 Å². The van der Waals surface area contributed by atoms with Crippen molar-refractivity contribution < 1.29 is 23.6 Å². The number of aryl methyl sites for hydroxylation is 2. The van der Waals surface area contributed by atoms with Crippen LogP contribution in [0.1, 0.15) is 54.7 Å². The first kappa shape index (κ1) is 26.9. The van der Waals surface area contributed by atoms with Gasteiger partial charge in [0.2, 0.25) is 0 Å². The standard InChI is InChI=1S/C31H37N3O5/c1-22(2)34-17-18-37-27-10-5-4-8-24(27)9-6-7-15-31(30(34)36)21-33(16-19-38-31)29(35)26-20-28(39-32-26)25-13-11-23(3)12-14-25/h4-5,8,10-14,20,22H,6-7,9,15-19,21H2,1-3H3. The van der Waals surface area contributed by atoms with Gasteiger partial charge >= 0.3 is 0 Å². The van der Waals surface area contributed by atoms with E-state index in [1.165, 1.54) is 5.56 Å². The molecule has 3 heterocycles. The van der Waals surface area contributed by atoms with Gasteiger partial charge in [0.15, 0.2) is 17.1 Å². The normalized spacial score (nSPS) is 20.8. The van der Waals surface area contributed by atoms with Crippen molar-refractivity contribution in [3.05, 3.63) is 71.4 Å². The fraction of sp³-hybridized carbons (Fsp3) is 0.452. The summed E-state index contributed by atoms with van der Waals surface area (Å²) in [5.41, 5.74) is 2.29. The lowest BCUT2D eigenvalue weighted by Gasteiger charge is -2.44. The lowest BCUT2D eigenvalue weighted by atomic mass is 9.90. The average molecular weight is 532 g/mol. The van der Waals surface area contributed by atoms with E-state index in [-0.39, 0.29) is 36.7 Å². The summed E-state index contributed by atoms with van der Waals surface area (Å²) < 4.78 is 17.9. The molecule has 8 nitrogen and oxygen atoms in total. The molecule has 206 valence electrons. The van der Waals surface area contributed by atoms with Crippen molar-refractivity contribution in [1.29, 1.82) is 0 Å². The van der Waals surface area contributed by atoms with Crippen LogP contribution in [0.25, 0.3) is 11.3 Å². The molecule has 0 radical (unpaired) electrons. The Labute approximate surface area is 229 Å². The molecule has 1 spiro atoms. The van der Waals surface area contributed by atoms with Gasteiger partial charge in [0.05, 0.1) is 19.7 Å². The van der Waals surface area contributed by atoms with Crippen molar-refractivity contribution in [3.8, 4) is 17.1 Å². The van der Waals surface area contributed by atoms with Crippen LogP contribution in [0.3, 0.4) is 0 Å². The highest BCUT2D eigenvalue weighted by molar-refractivity contribution is 5.94. The molecule has 2 aliphatic rings. The first-order valence-corrected chi connectivity index (χ1v) is 13.8. The highest BCUT2D eigenvalue weighted by Crippen LogP contribution is 2.31. The molecule has 8 heteroatoms. The van der Waals surface area contributed by atoms with E-state index in [0.29, 0.717) is 31.9 Å². The van der Waals surface area contributed by atoms with E-state index in [1.807, 2.05) is 68.1 Å². The smallest absolute Gasteiger partial charge is 0.276 e. The van der Waals surface area contributed by atoms with Gasteiger partial charge in [-0.3, -0.25) is 9.59 Å². The molecule has 1 atom stereocenters. The van der Waals surface area contributed by atoms with Gasteiger partial charge in [0.1, 0.15) is 12.4 Å². The van der Waals surface area contributed by atoms with Crippen LogP contribution in [-0.2, 0) is 16.0 Å². The van der Waals surface area contributed by atoms with Gasteiger partial charge in [-0.15, -0.1) is 0 Å².